The highest BCUT2D eigenvalue weighted by atomic mass is 19.2. The van der Waals surface area contributed by atoms with Crippen LogP contribution in [0.2, 0.25) is 0 Å². The summed E-state index contributed by atoms with van der Waals surface area (Å²) in [4.78, 5) is 25.3. The summed E-state index contributed by atoms with van der Waals surface area (Å²) in [7, 11) is 0. The van der Waals surface area contributed by atoms with E-state index in [0.29, 0.717) is 25.1 Å². The van der Waals surface area contributed by atoms with Gasteiger partial charge in [-0.25, -0.2) is 8.78 Å². The standard InChI is InChI=1S/C19H21F2N3O3/c20-15-5-3-13(10-16(15)21)4-6-18(25)23-9-1-2-14(11-23)17-7-8-22-24(17)12-19(26)27/h3,5,7-8,10,14H,1-2,4,6,9,11-12H2,(H,26,27)/t14-/m0/s1. The number of hydrogen-bond acceptors (Lipinski definition) is 3. The Morgan fingerprint density at radius 3 is 2.78 bits per heavy atom. The first-order valence-electron chi connectivity index (χ1n) is 8.89. The number of aliphatic carboxylic acids is 1. The van der Waals surface area contributed by atoms with Gasteiger partial charge in [-0.2, -0.15) is 5.10 Å². The molecule has 1 aliphatic heterocycles. The number of carboxylic acid groups (broad SMARTS) is 1. The molecule has 1 aromatic heterocycles. The molecule has 2 heterocycles. The molecule has 0 unspecified atom stereocenters. The molecule has 144 valence electrons. The highest BCUT2D eigenvalue weighted by Crippen LogP contribution is 2.27. The Kier molecular flexibility index (Phi) is 5.83. The first-order chi connectivity index (χ1) is 12.9. The Bertz CT molecular complexity index is 837. The van der Waals surface area contributed by atoms with Crippen LogP contribution in [0.15, 0.2) is 30.5 Å². The summed E-state index contributed by atoms with van der Waals surface area (Å²) in [6.07, 6.45) is 3.81. The van der Waals surface area contributed by atoms with Crippen LogP contribution in [-0.4, -0.2) is 44.8 Å². The maximum atomic E-state index is 13.3. The number of carboxylic acids is 1. The van der Waals surface area contributed by atoms with Crippen molar-refractivity contribution in [3.05, 3.63) is 53.4 Å². The van der Waals surface area contributed by atoms with E-state index in [1.165, 1.54) is 10.7 Å². The Balaban J connectivity index is 1.60. The molecule has 1 atom stereocenters. The molecule has 0 saturated carbocycles. The Morgan fingerprint density at radius 2 is 2.04 bits per heavy atom. The van der Waals surface area contributed by atoms with Gasteiger partial charge in [0.05, 0.1) is 0 Å². The van der Waals surface area contributed by atoms with Crippen molar-refractivity contribution in [2.45, 2.75) is 38.1 Å². The number of aromatic nitrogens is 2. The van der Waals surface area contributed by atoms with Gasteiger partial charge in [0, 0.05) is 37.3 Å². The van der Waals surface area contributed by atoms with Crippen molar-refractivity contribution < 1.29 is 23.5 Å². The first kappa shape index (κ1) is 19.0. The van der Waals surface area contributed by atoms with Gasteiger partial charge in [0.25, 0.3) is 0 Å². The van der Waals surface area contributed by atoms with Crippen LogP contribution in [0.4, 0.5) is 8.78 Å². The molecule has 27 heavy (non-hydrogen) atoms. The van der Waals surface area contributed by atoms with E-state index >= 15 is 0 Å². The fourth-order valence-corrected chi connectivity index (χ4v) is 3.50. The summed E-state index contributed by atoms with van der Waals surface area (Å²) < 4.78 is 27.7. The van der Waals surface area contributed by atoms with E-state index in [2.05, 4.69) is 5.10 Å². The lowest BCUT2D eigenvalue weighted by atomic mass is 9.94. The number of nitrogens with zero attached hydrogens (tertiary/aromatic N) is 3. The number of carbonyl (C=O) groups excluding carboxylic acids is 1. The fourth-order valence-electron chi connectivity index (χ4n) is 3.50. The third-order valence-corrected chi connectivity index (χ3v) is 4.84. The quantitative estimate of drug-likeness (QED) is 0.840. The first-order valence-corrected chi connectivity index (χ1v) is 8.89. The molecule has 1 amide bonds. The van der Waals surface area contributed by atoms with Gasteiger partial charge in [0.2, 0.25) is 5.91 Å². The molecule has 8 heteroatoms. The lowest BCUT2D eigenvalue weighted by molar-refractivity contribution is -0.138. The van der Waals surface area contributed by atoms with Crippen molar-refractivity contribution in [2.75, 3.05) is 13.1 Å². The van der Waals surface area contributed by atoms with Crippen LogP contribution < -0.4 is 0 Å². The second kappa shape index (κ2) is 8.28. The largest absolute Gasteiger partial charge is 0.480 e. The molecule has 6 nitrogen and oxygen atoms in total. The smallest absolute Gasteiger partial charge is 0.325 e. The minimum Gasteiger partial charge on any atom is -0.480 e. The van der Waals surface area contributed by atoms with Gasteiger partial charge in [0.15, 0.2) is 11.6 Å². The zero-order chi connectivity index (χ0) is 19.4. The van der Waals surface area contributed by atoms with Crippen molar-refractivity contribution in [3.63, 3.8) is 0 Å². The maximum absolute atomic E-state index is 13.3. The Labute approximate surface area is 155 Å². The summed E-state index contributed by atoms with van der Waals surface area (Å²) in [5.74, 6) is -2.79. The predicted molar refractivity (Wildman–Crippen MR) is 93.1 cm³/mol. The highest BCUT2D eigenvalue weighted by molar-refractivity contribution is 5.76. The molecule has 0 aliphatic carbocycles. The van der Waals surface area contributed by atoms with E-state index in [0.717, 1.165) is 30.7 Å². The number of halogens is 2. The maximum Gasteiger partial charge on any atom is 0.325 e. The second-order valence-corrected chi connectivity index (χ2v) is 6.73. The van der Waals surface area contributed by atoms with Crippen molar-refractivity contribution in [1.29, 1.82) is 0 Å². The van der Waals surface area contributed by atoms with Crippen LogP contribution in [0.5, 0.6) is 0 Å². The second-order valence-electron chi connectivity index (χ2n) is 6.73. The minimum atomic E-state index is -0.963. The number of rotatable bonds is 6. The van der Waals surface area contributed by atoms with Gasteiger partial charge in [-0.15, -0.1) is 0 Å². The third-order valence-electron chi connectivity index (χ3n) is 4.84. The van der Waals surface area contributed by atoms with Gasteiger partial charge in [-0.3, -0.25) is 14.3 Å². The highest BCUT2D eigenvalue weighted by Gasteiger charge is 2.27. The van der Waals surface area contributed by atoms with Crippen molar-refractivity contribution in [2.24, 2.45) is 0 Å². The molecule has 1 aromatic carbocycles. The van der Waals surface area contributed by atoms with Crippen molar-refractivity contribution >= 4 is 11.9 Å². The molecular formula is C19H21F2N3O3. The summed E-state index contributed by atoms with van der Waals surface area (Å²) in [6.45, 7) is 0.936. The average Bonchev–Trinajstić information content (AvgIpc) is 3.10. The number of amides is 1. The molecule has 2 aromatic rings. The van der Waals surface area contributed by atoms with Gasteiger partial charge in [-0.05, 0) is 43.0 Å². The van der Waals surface area contributed by atoms with Crippen LogP contribution in [0.1, 0.15) is 36.4 Å². The van der Waals surface area contributed by atoms with Crippen LogP contribution in [0.3, 0.4) is 0 Å². The SMILES string of the molecule is O=C(O)Cn1nccc1[C@H]1CCCN(C(=O)CCc2ccc(F)c(F)c2)C1. The number of likely N-dealkylation sites (tertiary alicyclic amines) is 1. The number of piperidine rings is 1. The topological polar surface area (TPSA) is 75.4 Å². The van der Waals surface area contributed by atoms with E-state index in [9.17, 15) is 18.4 Å². The van der Waals surface area contributed by atoms with Crippen LogP contribution in [0, 0.1) is 11.6 Å². The minimum absolute atomic E-state index is 0.0350. The number of carbonyl (C=O) groups is 2. The van der Waals surface area contributed by atoms with E-state index < -0.39 is 17.6 Å². The van der Waals surface area contributed by atoms with Gasteiger partial charge in [-0.1, -0.05) is 6.07 Å². The average molecular weight is 377 g/mol. The summed E-state index contributed by atoms with van der Waals surface area (Å²) in [5, 5.41) is 13.0. The number of benzene rings is 1. The van der Waals surface area contributed by atoms with Gasteiger partial charge >= 0.3 is 5.97 Å². The van der Waals surface area contributed by atoms with Gasteiger partial charge < -0.3 is 10.0 Å². The molecule has 1 N–H and O–H groups in total. The fraction of sp³-hybridized carbons (Fsp3) is 0.421. The molecule has 1 fully saturated rings. The van der Waals surface area contributed by atoms with Crippen molar-refractivity contribution in [1.82, 2.24) is 14.7 Å². The zero-order valence-electron chi connectivity index (χ0n) is 14.8. The van der Waals surface area contributed by atoms with Crippen LogP contribution >= 0.6 is 0 Å². The van der Waals surface area contributed by atoms with E-state index in [-0.39, 0.29) is 24.8 Å². The van der Waals surface area contributed by atoms with E-state index in [4.69, 9.17) is 5.11 Å². The van der Waals surface area contributed by atoms with E-state index in [1.807, 2.05) is 0 Å². The lowest BCUT2D eigenvalue weighted by Crippen LogP contribution is -2.39. The molecule has 0 radical (unpaired) electrons. The normalized spacial score (nSPS) is 17.1. The molecule has 1 saturated heterocycles. The van der Waals surface area contributed by atoms with E-state index in [1.54, 1.807) is 17.2 Å². The number of aryl methyl sites for hydroxylation is 1. The molecule has 0 spiro atoms. The summed E-state index contributed by atoms with van der Waals surface area (Å²) in [6, 6.07) is 5.46. The van der Waals surface area contributed by atoms with Crippen molar-refractivity contribution in [3.8, 4) is 0 Å². The molecular weight excluding hydrogens is 356 g/mol. The predicted octanol–water partition coefficient (Wildman–Crippen LogP) is 2.58. The molecule has 3 rings (SSSR count). The summed E-state index contributed by atoms with van der Waals surface area (Å²) in [5.41, 5.74) is 1.39. The zero-order valence-corrected chi connectivity index (χ0v) is 14.8. The van der Waals surface area contributed by atoms with Crippen LogP contribution in [-0.2, 0) is 22.6 Å². The Hall–Kier alpha value is -2.77. The molecule has 1 aliphatic rings. The summed E-state index contributed by atoms with van der Waals surface area (Å²) >= 11 is 0. The molecule has 0 bridgehead atoms. The van der Waals surface area contributed by atoms with Gasteiger partial charge in [0.1, 0.15) is 6.54 Å². The third kappa shape index (κ3) is 4.69. The number of hydrogen-bond donors (Lipinski definition) is 1. The van der Waals surface area contributed by atoms with Crippen LogP contribution in [0.25, 0.3) is 0 Å². The monoisotopic (exact) mass is 377 g/mol. The Morgan fingerprint density at radius 1 is 1.22 bits per heavy atom. The lowest BCUT2D eigenvalue weighted by Gasteiger charge is -2.33.